The number of rotatable bonds is 4. The molecular weight excluding hydrogens is 388 g/mol. The van der Waals surface area contributed by atoms with Crippen LogP contribution in [0.15, 0.2) is 73.2 Å². The first kappa shape index (κ1) is 19.6. The van der Waals surface area contributed by atoms with E-state index in [4.69, 9.17) is 10.5 Å². The molecule has 0 unspecified atom stereocenters. The molecule has 0 aliphatic carbocycles. The first-order chi connectivity index (χ1) is 15.1. The molecule has 0 atom stereocenters. The first-order valence-electron chi connectivity index (χ1n) is 9.41. The number of imidazole rings is 1. The standard InChI is InChI=1S/C24H18N6O/c1-30-16-27-15-19(30)12-9-17-7-10-18(11-8-17)28-23-13-22(26)21(14-25)24(29-23)31-20-5-3-2-4-6-20/h2-8,10-11,13,15-16H,1H3,(H3,26,28,29). The molecule has 4 rings (SSSR count). The predicted molar refractivity (Wildman–Crippen MR) is 119 cm³/mol. The highest BCUT2D eigenvalue weighted by molar-refractivity contribution is 5.68. The van der Waals surface area contributed by atoms with Gasteiger partial charge in [-0.2, -0.15) is 10.2 Å². The summed E-state index contributed by atoms with van der Waals surface area (Å²) in [6, 6.07) is 20.4. The topological polar surface area (TPSA) is 102 Å². The Labute approximate surface area is 179 Å². The zero-order valence-electron chi connectivity index (χ0n) is 16.7. The SMILES string of the molecule is Cn1cncc1C#Cc1ccc(Nc2cc(N)c(C#N)c(Oc3ccccc3)n2)cc1. The normalized spacial score (nSPS) is 9.94. The lowest BCUT2D eigenvalue weighted by molar-refractivity contribution is 0.462. The molecule has 2 aromatic heterocycles. The number of para-hydroxylation sites is 1. The summed E-state index contributed by atoms with van der Waals surface area (Å²) in [5.74, 6) is 7.38. The van der Waals surface area contributed by atoms with Gasteiger partial charge in [-0.15, -0.1) is 0 Å². The van der Waals surface area contributed by atoms with E-state index in [0.717, 1.165) is 16.9 Å². The van der Waals surface area contributed by atoms with Crippen LogP contribution in [0.1, 0.15) is 16.8 Å². The van der Waals surface area contributed by atoms with Crippen LogP contribution >= 0.6 is 0 Å². The second-order valence-corrected chi connectivity index (χ2v) is 6.65. The molecule has 2 heterocycles. The molecule has 0 spiro atoms. The van der Waals surface area contributed by atoms with E-state index in [2.05, 4.69) is 33.2 Å². The van der Waals surface area contributed by atoms with Gasteiger partial charge in [0.25, 0.3) is 0 Å². The Morgan fingerprint density at radius 2 is 1.84 bits per heavy atom. The van der Waals surface area contributed by atoms with Crippen molar-refractivity contribution in [3.63, 3.8) is 0 Å². The van der Waals surface area contributed by atoms with Crippen LogP contribution in [0, 0.1) is 23.2 Å². The van der Waals surface area contributed by atoms with Gasteiger partial charge in [-0.1, -0.05) is 24.1 Å². The van der Waals surface area contributed by atoms with Crippen molar-refractivity contribution >= 4 is 17.2 Å². The van der Waals surface area contributed by atoms with Crippen molar-refractivity contribution < 1.29 is 4.74 Å². The molecule has 0 radical (unpaired) electrons. The molecule has 3 N–H and O–H groups in total. The van der Waals surface area contributed by atoms with E-state index < -0.39 is 0 Å². The molecule has 4 aromatic rings. The molecule has 31 heavy (non-hydrogen) atoms. The lowest BCUT2D eigenvalue weighted by atomic mass is 10.2. The molecule has 0 aliphatic heterocycles. The second-order valence-electron chi connectivity index (χ2n) is 6.65. The Balaban J connectivity index is 1.54. The number of aryl methyl sites for hydroxylation is 1. The van der Waals surface area contributed by atoms with Crippen LogP contribution in [0.4, 0.5) is 17.2 Å². The minimum absolute atomic E-state index is 0.148. The molecule has 7 nitrogen and oxygen atoms in total. The zero-order chi connectivity index (χ0) is 21.6. The molecule has 2 aromatic carbocycles. The molecule has 150 valence electrons. The van der Waals surface area contributed by atoms with E-state index >= 15 is 0 Å². The quantitative estimate of drug-likeness (QED) is 0.493. The maximum Gasteiger partial charge on any atom is 0.241 e. The summed E-state index contributed by atoms with van der Waals surface area (Å²) >= 11 is 0. The van der Waals surface area contributed by atoms with Gasteiger partial charge >= 0.3 is 0 Å². The van der Waals surface area contributed by atoms with Crippen molar-refractivity contribution in [2.45, 2.75) is 0 Å². The summed E-state index contributed by atoms with van der Waals surface area (Å²) in [7, 11) is 1.90. The fourth-order valence-corrected chi connectivity index (χ4v) is 2.79. The van der Waals surface area contributed by atoms with E-state index in [0.29, 0.717) is 11.6 Å². The van der Waals surface area contributed by atoms with Gasteiger partial charge in [0.15, 0.2) is 0 Å². The predicted octanol–water partition coefficient (Wildman–Crippen LogP) is 4.20. The van der Waals surface area contributed by atoms with Crippen molar-refractivity contribution in [2.24, 2.45) is 7.05 Å². The number of anilines is 3. The number of hydrogen-bond donors (Lipinski definition) is 2. The summed E-state index contributed by atoms with van der Waals surface area (Å²) in [5, 5.41) is 12.6. The van der Waals surface area contributed by atoms with Crippen molar-refractivity contribution in [3.05, 3.63) is 90.0 Å². The molecule has 0 amide bonds. The lowest BCUT2D eigenvalue weighted by Gasteiger charge is -2.12. The molecule has 0 bridgehead atoms. The van der Waals surface area contributed by atoms with Gasteiger partial charge in [-0.25, -0.2) is 4.98 Å². The van der Waals surface area contributed by atoms with Crippen molar-refractivity contribution in [1.29, 1.82) is 5.26 Å². The molecule has 7 heteroatoms. The van der Waals surface area contributed by atoms with Gasteiger partial charge in [-0.05, 0) is 42.3 Å². The maximum absolute atomic E-state index is 9.44. The van der Waals surface area contributed by atoms with Gasteiger partial charge in [0.05, 0.1) is 18.2 Å². The van der Waals surface area contributed by atoms with Crippen LogP contribution in [-0.4, -0.2) is 14.5 Å². The van der Waals surface area contributed by atoms with Gasteiger partial charge in [0.2, 0.25) is 5.88 Å². The van der Waals surface area contributed by atoms with E-state index in [1.807, 2.05) is 54.1 Å². The van der Waals surface area contributed by atoms with Crippen molar-refractivity contribution in [3.8, 4) is 29.5 Å². The highest BCUT2D eigenvalue weighted by atomic mass is 16.5. The molecule has 0 fully saturated rings. The summed E-state index contributed by atoms with van der Waals surface area (Å²) in [6.45, 7) is 0. The maximum atomic E-state index is 9.44. The lowest BCUT2D eigenvalue weighted by Crippen LogP contribution is -2.02. The molecule has 0 aliphatic rings. The first-order valence-corrected chi connectivity index (χ1v) is 9.41. The minimum Gasteiger partial charge on any atom is -0.438 e. The number of nitrogens with one attached hydrogen (secondary N) is 1. The average molecular weight is 406 g/mol. The van der Waals surface area contributed by atoms with E-state index in [9.17, 15) is 5.26 Å². The third-order valence-electron chi connectivity index (χ3n) is 4.40. The number of benzene rings is 2. The van der Waals surface area contributed by atoms with E-state index in [-0.39, 0.29) is 17.1 Å². The smallest absolute Gasteiger partial charge is 0.241 e. The van der Waals surface area contributed by atoms with Crippen LogP contribution in [0.5, 0.6) is 11.6 Å². The zero-order valence-corrected chi connectivity index (χ0v) is 16.7. The fourth-order valence-electron chi connectivity index (χ4n) is 2.79. The van der Waals surface area contributed by atoms with E-state index in [1.54, 1.807) is 30.7 Å². The van der Waals surface area contributed by atoms with Crippen LogP contribution in [-0.2, 0) is 7.05 Å². The highest BCUT2D eigenvalue weighted by Crippen LogP contribution is 2.30. The summed E-state index contributed by atoms with van der Waals surface area (Å²) < 4.78 is 7.64. The largest absolute Gasteiger partial charge is 0.438 e. The van der Waals surface area contributed by atoms with Gasteiger partial charge in [-0.3, -0.25) is 0 Å². The molecular formula is C24H18N6O. The number of pyridine rings is 1. The second kappa shape index (κ2) is 8.73. The number of aromatic nitrogens is 3. The van der Waals surface area contributed by atoms with Crippen molar-refractivity contribution in [1.82, 2.24) is 14.5 Å². The third kappa shape index (κ3) is 4.64. The third-order valence-corrected chi connectivity index (χ3v) is 4.40. The number of nitrogens with zero attached hydrogens (tertiary/aromatic N) is 4. The Morgan fingerprint density at radius 3 is 2.52 bits per heavy atom. The van der Waals surface area contributed by atoms with E-state index in [1.165, 1.54) is 0 Å². The Kier molecular flexibility index (Phi) is 5.51. The summed E-state index contributed by atoms with van der Waals surface area (Å²) in [4.78, 5) is 8.47. The average Bonchev–Trinajstić information content (AvgIpc) is 3.19. The number of ether oxygens (including phenoxy) is 1. The van der Waals surface area contributed by atoms with Crippen LogP contribution in [0.25, 0.3) is 0 Å². The minimum atomic E-state index is 0.148. The van der Waals surface area contributed by atoms with Crippen LogP contribution < -0.4 is 15.8 Å². The number of nitrogens with two attached hydrogens (primary N) is 1. The van der Waals surface area contributed by atoms with Crippen LogP contribution in [0.2, 0.25) is 0 Å². The number of nitriles is 1. The van der Waals surface area contributed by atoms with Gasteiger partial charge in [0, 0.05) is 24.4 Å². The fraction of sp³-hybridized carbons (Fsp3) is 0.0417. The Morgan fingerprint density at radius 1 is 1.06 bits per heavy atom. The number of hydrogen-bond acceptors (Lipinski definition) is 6. The van der Waals surface area contributed by atoms with Crippen LogP contribution in [0.3, 0.4) is 0 Å². The molecule has 0 saturated heterocycles. The Bertz CT molecular complexity index is 1310. The van der Waals surface area contributed by atoms with Gasteiger partial charge < -0.3 is 20.4 Å². The summed E-state index contributed by atoms with van der Waals surface area (Å²) in [6.07, 6.45) is 3.43. The van der Waals surface area contributed by atoms with Gasteiger partial charge in [0.1, 0.15) is 28.9 Å². The Hall–Kier alpha value is -4.75. The highest BCUT2D eigenvalue weighted by Gasteiger charge is 2.13. The number of nitrogen functional groups attached to an aromatic ring is 1. The summed E-state index contributed by atoms with van der Waals surface area (Å²) in [5.41, 5.74) is 9.03. The monoisotopic (exact) mass is 406 g/mol. The molecule has 0 saturated carbocycles. The van der Waals surface area contributed by atoms with Crippen molar-refractivity contribution in [2.75, 3.05) is 11.1 Å².